The molecule has 136 valence electrons. The quantitative estimate of drug-likeness (QED) is 0.669. The molecule has 25 heavy (non-hydrogen) atoms. The average Bonchev–Trinajstić information content (AvgIpc) is 2.99. The summed E-state index contributed by atoms with van der Waals surface area (Å²) >= 11 is 0. The van der Waals surface area contributed by atoms with Crippen molar-refractivity contribution in [3.63, 3.8) is 0 Å². The van der Waals surface area contributed by atoms with E-state index in [4.69, 9.17) is 5.11 Å². The van der Waals surface area contributed by atoms with E-state index in [1.54, 1.807) is 6.08 Å². The summed E-state index contributed by atoms with van der Waals surface area (Å²) in [6, 6.07) is 4.21. The second kappa shape index (κ2) is 7.74. The van der Waals surface area contributed by atoms with Crippen LogP contribution < -0.4 is 10.7 Å². The normalized spacial score (nSPS) is 13.6. The standard InChI is InChI=1S/C20H29N3O2/c1-14-11-17(8-9-20(24)25)22-18(14)13-19-16(12-15(2)21-19)7-6-10-23(3,4)5/h8,11-13,21-22H,6-7,9-10H2,1-5H3/p+1. The van der Waals surface area contributed by atoms with Gasteiger partial charge >= 0.3 is 5.97 Å². The topological polar surface area (TPSA) is 68.9 Å². The van der Waals surface area contributed by atoms with Crippen LogP contribution in [-0.4, -0.2) is 53.2 Å². The van der Waals surface area contributed by atoms with E-state index in [0.29, 0.717) is 0 Å². The number of nitrogens with zero attached hydrogens (tertiary/aromatic N) is 1. The Morgan fingerprint density at radius 3 is 2.56 bits per heavy atom. The van der Waals surface area contributed by atoms with Crippen molar-refractivity contribution in [2.24, 2.45) is 0 Å². The summed E-state index contributed by atoms with van der Waals surface area (Å²) in [6.07, 6.45) is 6.04. The van der Waals surface area contributed by atoms with Gasteiger partial charge in [-0.1, -0.05) is 0 Å². The summed E-state index contributed by atoms with van der Waals surface area (Å²) in [5.74, 6) is -0.822. The number of hydrogen-bond donors (Lipinski definition) is 3. The molecular weight excluding hydrogens is 314 g/mol. The summed E-state index contributed by atoms with van der Waals surface area (Å²) in [5.41, 5.74) is 4.74. The van der Waals surface area contributed by atoms with Crippen LogP contribution in [0.3, 0.4) is 0 Å². The smallest absolute Gasteiger partial charge is 0.307 e. The Kier molecular flexibility index (Phi) is 5.90. The highest BCUT2D eigenvalue weighted by atomic mass is 16.4. The molecule has 0 aliphatic rings. The zero-order chi connectivity index (χ0) is 18.6. The van der Waals surface area contributed by atoms with Gasteiger partial charge in [-0.25, -0.2) is 0 Å². The van der Waals surface area contributed by atoms with Crippen LogP contribution >= 0.6 is 0 Å². The Hall–Kier alpha value is -2.27. The van der Waals surface area contributed by atoms with Gasteiger partial charge in [0.05, 0.1) is 34.1 Å². The van der Waals surface area contributed by atoms with Crippen molar-refractivity contribution < 1.29 is 14.4 Å². The maximum atomic E-state index is 10.7. The number of quaternary nitrogens is 1. The maximum Gasteiger partial charge on any atom is 0.307 e. The number of aromatic nitrogens is 2. The fourth-order valence-corrected chi connectivity index (χ4v) is 2.95. The van der Waals surface area contributed by atoms with Crippen molar-refractivity contribution in [1.82, 2.24) is 9.97 Å². The van der Waals surface area contributed by atoms with Crippen LogP contribution in [-0.2, 0) is 11.2 Å². The molecule has 0 fully saturated rings. The molecule has 0 amide bonds. The van der Waals surface area contributed by atoms with Crippen molar-refractivity contribution in [3.05, 3.63) is 45.3 Å². The van der Waals surface area contributed by atoms with E-state index in [-0.39, 0.29) is 6.42 Å². The van der Waals surface area contributed by atoms with Gasteiger partial charge in [0.1, 0.15) is 0 Å². The highest BCUT2D eigenvalue weighted by Crippen LogP contribution is 2.14. The Morgan fingerprint density at radius 2 is 1.92 bits per heavy atom. The number of H-pyrrole nitrogens is 2. The zero-order valence-corrected chi connectivity index (χ0v) is 15.9. The molecule has 0 saturated heterocycles. The zero-order valence-electron chi connectivity index (χ0n) is 15.9. The van der Waals surface area contributed by atoms with Crippen molar-refractivity contribution in [1.29, 1.82) is 0 Å². The molecule has 2 rings (SSSR count). The van der Waals surface area contributed by atoms with E-state index >= 15 is 0 Å². The van der Waals surface area contributed by atoms with Crippen LogP contribution in [0, 0.1) is 13.8 Å². The molecular formula is C20H30N3O2+. The number of nitrogens with one attached hydrogen (secondary N) is 2. The number of aryl methyl sites for hydroxylation is 3. The van der Waals surface area contributed by atoms with Gasteiger partial charge in [-0.3, -0.25) is 4.79 Å². The minimum Gasteiger partial charge on any atom is -0.481 e. The molecule has 0 radical (unpaired) electrons. The van der Waals surface area contributed by atoms with Crippen molar-refractivity contribution in [3.8, 4) is 0 Å². The predicted molar refractivity (Wildman–Crippen MR) is 102 cm³/mol. The van der Waals surface area contributed by atoms with E-state index in [9.17, 15) is 4.79 Å². The molecule has 0 saturated carbocycles. The molecule has 0 aliphatic carbocycles. The summed E-state index contributed by atoms with van der Waals surface area (Å²) in [7, 11) is 6.65. The predicted octanol–water partition coefficient (Wildman–Crippen LogP) is 1.68. The maximum absolute atomic E-state index is 10.7. The molecule has 5 heteroatoms. The number of carbonyl (C=O) groups is 1. The van der Waals surface area contributed by atoms with E-state index in [2.05, 4.69) is 50.2 Å². The monoisotopic (exact) mass is 344 g/mol. The molecule has 0 atom stereocenters. The van der Waals surface area contributed by atoms with Crippen molar-refractivity contribution >= 4 is 18.1 Å². The Bertz CT molecular complexity index is 851. The van der Waals surface area contributed by atoms with Crippen LogP contribution in [0.5, 0.6) is 0 Å². The van der Waals surface area contributed by atoms with Gasteiger partial charge in [0.15, 0.2) is 0 Å². The first-order valence-corrected chi connectivity index (χ1v) is 8.72. The fourth-order valence-electron chi connectivity index (χ4n) is 2.95. The highest BCUT2D eigenvalue weighted by Gasteiger charge is 2.09. The lowest BCUT2D eigenvalue weighted by atomic mass is 10.1. The lowest BCUT2D eigenvalue weighted by molar-refractivity contribution is -0.870. The van der Waals surface area contributed by atoms with Gasteiger partial charge in [-0.15, -0.1) is 0 Å². The first-order chi connectivity index (χ1) is 11.6. The number of aromatic amines is 2. The molecule has 0 unspecified atom stereocenters. The molecule has 2 aromatic rings. The molecule has 0 spiro atoms. The highest BCUT2D eigenvalue weighted by molar-refractivity contribution is 5.72. The molecule has 2 heterocycles. The third kappa shape index (κ3) is 5.94. The summed E-state index contributed by atoms with van der Waals surface area (Å²) in [4.78, 5) is 17.5. The minimum absolute atomic E-state index is 0.0251. The van der Waals surface area contributed by atoms with Crippen molar-refractivity contribution in [2.45, 2.75) is 33.1 Å². The molecule has 5 nitrogen and oxygen atoms in total. The number of carboxylic acids is 1. The number of hydrogen-bond acceptors (Lipinski definition) is 1. The second-order valence-electron chi connectivity index (χ2n) is 7.78. The van der Waals surface area contributed by atoms with Gasteiger partial charge in [-0.05, 0) is 55.7 Å². The van der Waals surface area contributed by atoms with Gasteiger partial charge < -0.3 is 19.6 Å². The summed E-state index contributed by atoms with van der Waals surface area (Å²) < 4.78 is 0.973. The molecule has 3 N–H and O–H groups in total. The number of rotatable bonds is 7. The number of carboxylic acid groups (broad SMARTS) is 1. The van der Waals surface area contributed by atoms with Crippen LogP contribution in [0.15, 0.2) is 12.1 Å². The summed E-state index contributed by atoms with van der Waals surface area (Å²) in [6.45, 7) is 5.25. The third-order valence-electron chi connectivity index (χ3n) is 4.20. The largest absolute Gasteiger partial charge is 0.481 e. The van der Waals surface area contributed by atoms with Crippen molar-refractivity contribution in [2.75, 3.05) is 27.7 Å². The Balaban J connectivity index is 2.26. The first kappa shape index (κ1) is 19.1. The van der Waals surface area contributed by atoms with Gasteiger partial charge in [-0.2, -0.15) is 0 Å². The fraction of sp³-hybridized carbons (Fsp3) is 0.450. The Labute approximate surface area is 149 Å². The van der Waals surface area contributed by atoms with Crippen LogP contribution in [0.4, 0.5) is 0 Å². The Morgan fingerprint density at radius 1 is 1.20 bits per heavy atom. The lowest BCUT2D eigenvalue weighted by Gasteiger charge is -2.23. The van der Waals surface area contributed by atoms with E-state index in [0.717, 1.165) is 51.5 Å². The third-order valence-corrected chi connectivity index (χ3v) is 4.20. The first-order valence-electron chi connectivity index (χ1n) is 8.72. The average molecular weight is 344 g/mol. The van der Waals surface area contributed by atoms with Gasteiger partial charge in [0, 0.05) is 28.5 Å². The molecule has 0 aromatic carbocycles. The molecule has 0 aliphatic heterocycles. The molecule has 2 aromatic heterocycles. The van der Waals surface area contributed by atoms with Crippen LogP contribution in [0.25, 0.3) is 12.2 Å². The SMILES string of the molecule is Cc1cc(CCC[N+](C)(C)C)c(C=c2[nH]c(=CCC(=O)O)cc2C)[nH]1. The van der Waals surface area contributed by atoms with E-state index in [1.807, 2.05) is 13.0 Å². The van der Waals surface area contributed by atoms with Gasteiger partial charge in [0.2, 0.25) is 0 Å². The lowest BCUT2D eigenvalue weighted by Crippen LogP contribution is -2.35. The minimum atomic E-state index is -0.822. The van der Waals surface area contributed by atoms with E-state index in [1.165, 1.54) is 5.56 Å². The molecule has 0 bridgehead atoms. The number of aliphatic carboxylic acids is 1. The second-order valence-corrected chi connectivity index (χ2v) is 7.78. The summed E-state index contributed by atoms with van der Waals surface area (Å²) in [5, 5.41) is 10.7. The van der Waals surface area contributed by atoms with Crippen LogP contribution in [0.2, 0.25) is 0 Å². The van der Waals surface area contributed by atoms with E-state index < -0.39 is 5.97 Å². The van der Waals surface area contributed by atoms with Crippen LogP contribution in [0.1, 0.15) is 35.4 Å². The van der Waals surface area contributed by atoms with Gasteiger partial charge in [0.25, 0.3) is 0 Å².